The fourth-order valence-corrected chi connectivity index (χ4v) is 4.45. The first-order valence-electron chi connectivity index (χ1n) is 7.38. The van der Waals surface area contributed by atoms with Crippen LogP contribution in [0.1, 0.15) is 48.4 Å². The van der Waals surface area contributed by atoms with Crippen molar-refractivity contribution in [1.82, 2.24) is 5.43 Å². The van der Waals surface area contributed by atoms with Crippen LogP contribution in [0.5, 0.6) is 5.75 Å². The summed E-state index contributed by atoms with van der Waals surface area (Å²) in [7, 11) is 1.73. The fraction of sp³-hybridized carbons (Fsp3) is 0.625. The van der Waals surface area contributed by atoms with Crippen molar-refractivity contribution in [2.45, 2.75) is 50.8 Å². The summed E-state index contributed by atoms with van der Waals surface area (Å²) in [5.41, 5.74) is 6.65. The lowest BCUT2D eigenvalue weighted by atomic mass is 9.99. The van der Waals surface area contributed by atoms with E-state index in [1.165, 1.54) is 42.4 Å². The topological polar surface area (TPSA) is 47.3 Å². The van der Waals surface area contributed by atoms with Crippen molar-refractivity contribution >= 4 is 11.8 Å². The van der Waals surface area contributed by atoms with E-state index in [1.807, 2.05) is 11.8 Å². The molecule has 1 fully saturated rings. The molecule has 0 aliphatic heterocycles. The summed E-state index contributed by atoms with van der Waals surface area (Å²) in [6.07, 6.45) is 5.47. The van der Waals surface area contributed by atoms with E-state index >= 15 is 0 Å². The number of hydrogen-bond acceptors (Lipinski definition) is 4. The number of nitrogens with one attached hydrogen (secondary N) is 1. The number of ether oxygens (including phenoxy) is 1. The number of benzene rings is 1. The number of aryl methyl sites for hydroxylation is 2. The Balaban J connectivity index is 2.13. The molecule has 4 heteroatoms. The highest BCUT2D eigenvalue weighted by atomic mass is 32.2. The van der Waals surface area contributed by atoms with Crippen molar-refractivity contribution in [3.63, 3.8) is 0 Å². The van der Waals surface area contributed by atoms with Gasteiger partial charge >= 0.3 is 0 Å². The van der Waals surface area contributed by atoms with Gasteiger partial charge in [-0.05, 0) is 43.9 Å². The Kier molecular flexibility index (Phi) is 5.75. The van der Waals surface area contributed by atoms with E-state index in [0.29, 0.717) is 0 Å². The van der Waals surface area contributed by atoms with Crippen LogP contribution in [0.3, 0.4) is 0 Å². The van der Waals surface area contributed by atoms with E-state index in [9.17, 15) is 0 Å². The number of hydrazine groups is 1. The summed E-state index contributed by atoms with van der Waals surface area (Å²) >= 11 is 2.05. The van der Waals surface area contributed by atoms with Crippen molar-refractivity contribution < 1.29 is 4.74 Å². The molecule has 20 heavy (non-hydrogen) atoms. The molecule has 0 bridgehead atoms. The Bertz CT molecular complexity index is 444. The summed E-state index contributed by atoms with van der Waals surface area (Å²) in [6.45, 7) is 4.23. The standard InChI is InChI=1S/C16H26N2OS/c1-11-8-12(2)16(15(9-11)19-3)14(18-17)10-20-13-6-4-5-7-13/h8-9,13-14,18H,4-7,10,17H2,1-3H3. The van der Waals surface area contributed by atoms with Crippen LogP contribution in [0.25, 0.3) is 0 Å². The third kappa shape index (κ3) is 3.68. The minimum absolute atomic E-state index is 0.149. The van der Waals surface area contributed by atoms with E-state index in [4.69, 9.17) is 10.6 Å². The lowest BCUT2D eigenvalue weighted by molar-refractivity contribution is 0.402. The van der Waals surface area contributed by atoms with Crippen LogP contribution in [0.2, 0.25) is 0 Å². The summed E-state index contributed by atoms with van der Waals surface area (Å²) in [4.78, 5) is 0. The lowest BCUT2D eigenvalue weighted by Gasteiger charge is -2.23. The van der Waals surface area contributed by atoms with Gasteiger partial charge < -0.3 is 4.74 Å². The van der Waals surface area contributed by atoms with Gasteiger partial charge in [0.05, 0.1) is 13.2 Å². The Morgan fingerprint density at radius 2 is 2.05 bits per heavy atom. The van der Waals surface area contributed by atoms with Gasteiger partial charge in [0.1, 0.15) is 5.75 Å². The summed E-state index contributed by atoms with van der Waals surface area (Å²) < 4.78 is 5.56. The first-order chi connectivity index (χ1) is 9.65. The molecular formula is C16H26N2OS. The Hall–Kier alpha value is -0.710. The fourth-order valence-electron chi connectivity index (χ4n) is 3.06. The maximum atomic E-state index is 5.80. The number of rotatable bonds is 6. The Morgan fingerprint density at radius 3 is 2.65 bits per heavy atom. The molecule has 112 valence electrons. The SMILES string of the molecule is COc1cc(C)cc(C)c1C(CSC1CCCC1)NN. The van der Waals surface area contributed by atoms with Gasteiger partial charge in [0, 0.05) is 16.6 Å². The number of hydrogen-bond donors (Lipinski definition) is 2. The Morgan fingerprint density at radius 1 is 1.35 bits per heavy atom. The molecule has 0 amide bonds. The van der Waals surface area contributed by atoms with Crippen LogP contribution in [-0.2, 0) is 0 Å². The average Bonchev–Trinajstić information content (AvgIpc) is 2.93. The van der Waals surface area contributed by atoms with Crippen LogP contribution >= 0.6 is 11.8 Å². The zero-order valence-electron chi connectivity index (χ0n) is 12.7. The normalized spacial score (nSPS) is 17.4. The maximum absolute atomic E-state index is 5.80. The molecule has 0 spiro atoms. The van der Waals surface area contributed by atoms with E-state index < -0.39 is 0 Å². The van der Waals surface area contributed by atoms with E-state index in [1.54, 1.807) is 7.11 Å². The second-order valence-corrected chi connectivity index (χ2v) is 6.99. The zero-order valence-corrected chi connectivity index (χ0v) is 13.6. The molecular weight excluding hydrogens is 268 g/mol. The summed E-state index contributed by atoms with van der Waals surface area (Å²) in [5.74, 6) is 7.74. The highest BCUT2D eigenvalue weighted by Gasteiger charge is 2.21. The molecule has 1 atom stereocenters. The predicted octanol–water partition coefficient (Wildman–Crippen LogP) is 3.49. The van der Waals surface area contributed by atoms with Gasteiger partial charge in [-0.25, -0.2) is 0 Å². The van der Waals surface area contributed by atoms with Crippen LogP contribution in [0.4, 0.5) is 0 Å². The van der Waals surface area contributed by atoms with E-state index in [2.05, 4.69) is 31.4 Å². The van der Waals surface area contributed by atoms with Crippen LogP contribution in [-0.4, -0.2) is 18.1 Å². The third-order valence-electron chi connectivity index (χ3n) is 4.06. The second-order valence-electron chi connectivity index (χ2n) is 5.66. The first-order valence-corrected chi connectivity index (χ1v) is 8.43. The molecule has 0 radical (unpaired) electrons. The van der Waals surface area contributed by atoms with Gasteiger partial charge in [-0.1, -0.05) is 18.9 Å². The minimum Gasteiger partial charge on any atom is -0.496 e. The first kappa shape index (κ1) is 15.7. The van der Waals surface area contributed by atoms with Crippen molar-refractivity contribution in [1.29, 1.82) is 0 Å². The molecule has 1 unspecified atom stereocenters. The molecule has 1 aromatic carbocycles. The molecule has 1 aromatic rings. The maximum Gasteiger partial charge on any atom is 0.124 e. The number of methoxy groups -OCH3 is 1. The molecule has 1 saturated carbocycles. The average molecular weight is 294 g/mol. The largest absolute Gasteiger partial charge is 0.496 e. The van der Waals surface area contributed by atoms with Crippen molar-refractivity contribution in [2.24, 2.45) is 5.84 Å². The van der Waals surface area contributed by atoms with E-state index in [0.717, 1.165) is 16.8 Å². The van der Waals surface area contributed by atoms with Crippen molar-refractivity contribution in [3.8, 4) is 5.75 Å². The van der Waals surface area contributed by atoms with Gasteiger partial charge in [0.25, 0.3) is 0 Å². The summed E-state index contributed by atoms with van der Waals surface area (Å²) in [6, 6.07) is 4.44. The lowest BCUT2D eigenvalue weighted by Crippen LogP contribution is -2.31. The molecule has 1 aliphatic rings. The summed E-state index contributed by atoms with van der Waals surface area (Å²) in [5, 5.41) is 0.808. The third-order valence-corrected chi connectivity index (χ3v) is 5.53. The van der Waals surface area contributed by atoms with Crippen molar-refractivity contribution in [2.75, 3.05) is 12.9 Å². The van der Waals surface area contributed by atoms with Gasteiger partial charge in [-0.2, -0.15) is 11.8 Å². The molecule has 0 heterocycles. The van der Waals surface area contributed by atoms with Gasteiger partial charge in [-0.15, -0.1) is 0 Å². The van der Waals surface area contributed by atoms with Crippen LogP contribution in [0.15, 0.2) is 12.1 Å². The molecule has 3 N–H and O–H groups in total. The zero-order chi connectivity index (χ0) is 14.5. The van der Waals surface area contributed by atoms with E-state index in [-0.39, 0.29) is 6.04 Å². The van der Waals surface area contributed by atoms with Crippen LogP contribution in [0, 0.1) is 13.8 Å². The smallest absolute Gasteiger partial charge is 0.124 e. The highest BCUT2D eigenvalue weighted by molar-refractivity contribution is 7.99. The van der Waals surface area contributed by atoms with Crippen molar-refractivity contribution in [3.05, 3.63) is 28.8 Å². The Labute approximate surface area is 126 Å². The van der Waals surface area contributed by atoms with Gasteiger partial charge in [0.2, 0.25) is 0 Å². The molecule has 0 aromatic heterocycles. The molecule has 3 nitrogen and oxygen atoms in total. The quantitative estimate of drug-likeness (QED) is 0.623. The monoisotopic (exact) mass is 294 g/mol. The minimum atomic E-state index is 0.149. The number of nitrogens with two attached hydrogens (primary N) is 1. The highest BCUT2D eigenvalue weighted by Crippen LogP contribution is 2.35. The van der Waals surface area contributed by atoms with Gasteiger partial charge in [0.15, 0.2) is 0 Å². The van der Waals surface area contributed by atoms with Gasteiger partial charge in [-0.3, -0.25) is 11.3 Å². The number of thioether (sulfide) groups is 1. The molecule has 0 saturated heterocycles. The molecule has 2 rings (SSSR count). The second kappa shape index (κ2) is 7.34. The predicted molar refractivity (Wildman–Crippen MR) is 87.2 cm³/mol. The van der Waals surface area contributed by atoms with Crippen LogP contribution < -0.4 is 16.0 Å². The molecule has 1 aliphatic carbocycles.